The second-order valence-electron chi connectivity index (χ2n) is 7.36. The van der Waals surface area contributed by atoms with Gasteiger partial charge in [-0.2, -0.15) is 4.98 Å². The van der Waals surface area contributed by atoms with Gasteiger partial charge in [-0.05, 0) is 44.0 Å². The zero-order valence-corrected chi connectivity index (χ0v) is 16.9. The molecule has 8 heteroatoms. The Morgan fingerprint density at radius 2 is 1.93 bits per heavy atom. The smallest absolute Gasteiger partial charge is 0.251 e. The Kier molecular flexibility index (Phi) is 5.80. The molecule has 1 atom stereocenters. The summed E-state index contributed by atoms with van der Waals surface area (Å²) in [6, 6.07) is 9.63. The number of hydrogen-bond acceptors (Lipinski definition) is 7. The minimum Gasteiger partial charge on any atom is -0.497 e. The van der Waals surface area contributed by atoms with Crippen LogP contribution >= 0.6 is 0 Å². The number of benzene rings is 1. The van der Waals surface area contributed by atoms with Gasteiger partial charge in [-0.25, -0.2) is 4.98 Å². The van der Waals surface area contributed by atoms with E-state index >= 15 is 0 Å². The molecule has 2 aliphatic heterocycles. The topological polar surface area (TPSA) is 79.8 Å². The molecule has 2 aliphatic rings. The lowest BCUT2D eigenvalue weighted by Crippen LogP contribution is -2.51. The number of nitrogens with zero attached hydrogens (tertiary/aromatic N) is 4. The van der Waals surface area contributed by atoms with Crippen LogP contribution in [0.2, 0.25) is 0 Å². The van der Waals surface area contributed by atoms with Crippen LogP contribution in [0.25, 0.3) is 0 Å². The van der Waals surface area contributed by atoms with Crippen molar-refractivity contribution in [2.24, 2.45) is 0 Å². The van der Waals surface area contributed by atoms with Gasteiger partial charge in [0.2, 0.25) is 5.95 Å². The lowest BCUT2D eigenvalue weighted by atomic mass is 10.2. The van der Waals surface area contributed by atoms with E-state index in [2.05, 4.69) is 20.2 Å². The average molecular weight is 397 g/mol. The highest BCUT2D eigenvalue weighted by molar-refractivity contribution is 5.81. The fourth-order valence-electron chi connectivity index (χ4n) is 3.68. The van der Waals surface area contributed by atoms with Gasteiger partial charge in [-0.1, -0.05) is 0 Å². The minimum atomic E-state index is -0.253. The van der Waals surface area contributed by atoms with Crippen LogP contribution in [0, 0.1) is 6.92 Å². The zero-order chi connectivity index (χ0) is 20.2. The first-order valence-electron chi connectivity index (χ1n) is 10.0. The Morgan fingerprint density at radius 3 is 2.59 bits per heavy atom. The third-order valence-electron chi connectivity index (χ3n) is 5.28. The minimum absolute atomic E-state index is 0.120. The Hall–Kier alpha value is -2.87. The molecular weight excluding hydrogens is 370 g/mol. The van der Waals surface area contributed by atoms with Gasteiger partial charge >= 0.3 is 0 Å². The maximum Gasteiger partial charge on any atom is 0.251 e. The number of nitrogens with one attached hydrogen (secondary N) is 1. The highest BCUT2D eigenvalue weighted by Crippen LogP contribution is 2.22. The summed E-state index contributed by atoms with van der Waals surface area (Å²) >= 11 is 0. The van der Waals surface area contributed by atoms with E-state index in [1.165, 1.54) is 0 Å². The third kappa shape index (κ3) is 4.59. The second-order valence-corrected chi connectivity index (χ2v) is 7.36. The Morgan fingerprint density at radius 1 is 1.17 bits per heavy atom. The maximum absolute atomic E-state index is 12.5. The molecule has 0 spiro atoms. The number of amides is 1. The van der Waals surface area contributed by atoms with Crippen LogP contribution in [0.3, 0.4) is 0 Å². The van der Waals surface area contributed by atoms with E-state index in [0.717, 1.165) is 35.8 Å². The summed E-state index contributed by atoms with van der Waals surface area (Å²) in [6.45, 7) is 5.40. The standard InChI is InChI=1S/C21H27N5O3/c1-15-14-19(23-16-5-7-17(28-2)8-6-16)24-21(22-15)26-11-9-25(10-12-26)20(27)18-4-3-13-29-18/h5-8,14,18H,3-4,9-13H2,1-2H3,(H,22,23,24). The largest absolute Gasteiger partial charge is 0.497 e. The molecule has 1 aromatic heterocycles. The van der Waals surface area contributed by atoms with Crippen LogP contribution in [0.15, 0.2) is 30.3 Å². The van der Waals surface area contributed by atoms with E-state index in [9.17, 15) is 4.79 Å². The van der Waals surface area contributed by atoms with Crippen molar-refractivity contribution in [2.45, 2.75) is 25.9 Å². The molecule has 1 N–H and O–H groups in total. The second kappa shape index (κ2) is 8.65. The summed E-state index contributed by atoms with van der Waals surface area (Å²) < 4.78 is 10.7. The van der Waals surface area contributed by atoms with Crippen LogP contribution in [-0.4, -0.2) is 66.8 Å². The molecule has 0 bridgehead atoms. The molecule has 1 amide bonds. The molecule has 1 unspecified atom stereocenters. The monoisotopic (exact) mass is 397 g/mol. The number of methoxy groups -OCH3 is 1. The predicted octanol–water partition coefficient (Wildman–Crippen LogP) is 2.36. The SMILES string of the molecule is COc1ccc(Nc2cc(C)nc(N3CCN(C(=O)C4CCCO4)CC3)n2)cc1. The summed E-state index contributed by atoms with van der Waals surface area (Å²) in [5.74, 6) is 2.36. The van der Waals surface area contributed by atoms with Crippen molar-refractivity contribution in [3.8, 4) is 5.75 Å². The van der Waals surface area contributed by atoms with Crippen molar-refractivity contribution in [3.63, 3.8) is 0 Å². The van der Waals surface area contributed by atoms with E-state index in [1.54, 1.807) is 7.11 Å². The number of hydrogen-bond donors (Lipinski definition) is 1. The van der Waals surface area contributed by atoms with Gasteiger partial charge in [0.05, 0.1) is 7.11 Å². The molecule has 2 fully saturated rings. The predicted molar refractivity (Wildman–Crippen MR) is 111 cm³/mol. The Balaban J connectivity index is 1.40. The zero-order valence-electron chi connectivity index (χ0n) is 16.9. The van der Waals surface area contributed by atoms with Gasteiger partial charge in [0.25, 0.3) is 5.91 Å². The number of aromatic nitrogens is 2. The molecule has 0 radical (unpaired) electrons. The molecule has 0 saturated carbocycles. The Labute approximate surface area is 170 Å². The molecule has 4 rings (SSSR count). The van der Waals surface area contributed by atoms with Gasteiger partial charge in [-0.3, -0.25) is 4.79 Å². The quantitative estimate of drug-likeness (QED) is 0.830. The first-order chi connectivity index (χ1) is 14.1. The number of piperazine rings is 1. The van der Waals surface area contributed by atoms with E-state index in [-0.39, 0.29) is 12.0 Å². The van der Waals surface area contributed by atoms with Crippen LogP contribution < -0.4 is 15.0 Å². The summed E-state index contributed by atoms with van der Waals surface area (Å²) in [5, 5.41) is 3.33. The van der Waals surface area contributed by atoms with Crippen molar-refractivity contribution in [3.05, 3.63) is 36.0 Å². The highest BCUT2D eigenvalue weighted by Gasteiger charge is 2.30. The van der Waals surface area contributed by atoms with Gasteiger partial charge in [0.15, 0.2) is 0 Å². The summed E-state index contributed by atoms with van der Waals surface area (Å²) in [4.78, 5) is 25.9. The molecule has 8 nitrogen and oxygen atoms in total. The molecule has 0 aliphatic carbocycles. The van der Waals surface area contributed by atoms with Crippen molar-refractivity contribution in [2.75, 3.05) is 50.1 Å². The Bertz CT molecular complexity index is 844. The number of anilines is 3. The molecule has 3 heterocycles. The average Bonchev–Trinajstić information content (AvgIpc) is 3.28. The fraction of sp³-hybridized carbons (Fsp3) is 0.476. The molecule has 2 aromatic rings. The molecule has 1 aromatic carbocycles. The fourth-order valence-corrected chi connectivity index (χ4v) is 3.68. The van der Waals surface area contributed by atoms with E-state index in [4.69, 9.17) is 9.47 Å². The van der Waals surface area contributed by atoms with Gasteiger partial charge in [-0.15, -0.1) is 0 Å². The van der Waals surface area contributed by atoms with Crippen molar-refractivity contribution in [1.29, 1.82) is 0 Å². The normalized spacial score (nSPS) is 19.3. The van der Waals surface area contributed by atoms with Gasteiger partial charge < -0.3 is 24.6 Å². The number of carbonyl (C=O) groups is 1. The van der Waals surface area contributed by atoms with E-state index in [0.29, 0.717) is 38.7 Å². The maximum atomic E-state index is 12.5. The third-order valence-corrected chi connectivity index (χ3v) is 5.28. The lowest BCUT2D eigenvalue weighted by molar-refractivity contribution is -0.141. The van der Waals surface area contributed by atoms with Crippen LogP contribution in [-0.2, 0) is 9.53 Å². The number of carbonyl (C=O) groups excluding carboxylic acids is 1. The number of aryl methyl sites for hydroxylation is 1. The molecular formula is C21H27N5O3. The summed E-state index contributed by atoms with van der Waals surface area (Å²) in [7, 11) is 1.65. The summed E-state index contributed by atoms with van der Waals surface area (Å²) in [6.07, 6.45) is 1.55. The van der Waals surface area contributed by atoms with Crippen molar-refractivity contribution >= 4 is 23.4 Å². The van der Waals surface area contributed by atoms with E-state index in [1.807, 2.05) is 42.2 Å². The van der Waals surface area contributed by atoms with Crippen LogP contribution in [0.4, 0.5) is 17.5 Å². The molecule has 154 valence electrons. The summed E-state index contributed by atoms with van der Waals surface area (Å²) in [5.41, 5.74) is 1.82. The first-order valence-corrected chi connectivity index (χ1v) is 10.0. The van der Waals surface area contributed by atoms with Gasteiger partial charge in [0.1, 0.15) is 17.7 Å². The van der Waals surface area contributed by atoms with E-state index < -0.39 is 0 Å². The molecule has 2 saturated heterocycles. The first kappa shape index (κ1) is 19.4. The van der Waals surface area contributed by atoms with Crippen LogP contribution in [0.1, 0.15) is 18.5 Å². The van der Waals surface area contributed by atoms with Gasteiger partial charge in [0, 0.05) is 50.2 Å². The lowest BCUT2D eigenvalue weighted by Gasteiger charge is -2.35. The number of rotatable bonds is 5. The highest BCUT2D eigenvalue weighted by atomic mass is 16.5. The van der Waals surface area contributed by atoms with Crippen molar-refractivity contribution in [1.82, 2.24) is 14.9 Å². The number of ether oxygens (including phenoxy) is 2. The van der Waals surface area contributed by atoms with Crippen molar-refractivity contribution < 1.29 is 14.3 Å². The van der Waals surface area contributed by atoms with Crippen LogP contribution in [0.5, 0.6) is 5.75 Å². The molecule has 29 heavy (non-hydrogen) atoms.